The molecule has 3 rings (SSSR count). The Morgan fingerprint density at radius 3 is 2.57 bits per heavy atom. The summed E-state index contributed by atoms with van der Waals surface area (Å²) in [5.41, 5.74) is 1.05. The first kappa shape index (κ1) is 20.8. The van der Waals surface area contributed by atoms with Crippen LogP contribution in [0, 0.1) is 5.92 Å². The standard InChI is InChI=1S/C20H24F3N3OS/c21-20(22,23)14-26-17(16-9-5-2-6-10-16)12-25-19(26)28-13-18(27)24-11-15-7-3-1-4-8-15/h2,5-6,9-10,12,15H,1,3-4,7-8,11,13-14H2,(H,24,27). The number of benzene rings is 1. The molecule has 1 aromatic heterocycles. The maximum atomic E-state index is 13.1. The van der Waals surface area contributed by atoms with E-state index in [-0.39, 0.29) is 16.8 Å². The third-order valence-electron chi connectivity index (χ3n) is 4.87. The van der Waals surface area contributed by atoms with Crippen LogP contribution in [0.1, 0.15) is 32.1 Å². The van der Waals surface area contributed by atoms with Crippen LogP contribution in [-0.2, 0) is 11.3 Å². The topological polar surface area (TPSA) is 46.9 Å². The van der Waals surface area contributed by atoms with Gasteiger partial charge in [0, 0.05) is 6.54 Å². The predicted molar refractivity (Wildman–Crippen MR) is 104 cm³/mol. The molecule has 1 fully saturated rings. The van der Waals surface area contributed by atoms with Crippen molar-refractivity contribution >= 4 is 17.7 Å². The fourth-order valence-corrected chi connectivity index (χ4v) is 4.28. The number of nitrogens with one attached hydrogen (secondary N) is 1. The zero-order valence-electron chi connectivity index (χ0n) is 15.5. The quantitative estimate of drug-likeness (QED) is 0.659. The van der Waals surface area contributed by atoms with Crippen LogP contribution in [0.5, 0.6) is 0 Å². The molecule has 2 aromatic rings. The number of thioether (sulfide) groups is 1. The Morgan fingerprint density at radius 2 is 1.89 bits per heavy atom. The molecule has 0 unspecified atom stereocenters. The molecule has 1 aliphatic carbocycles. The fourth-order valence-electron chi connectivity index (χ4n) is 3.48. The van der Waals surface area contributed by atoms with Crippen LogP contribution in [-0.4, -0.2) is 33.9 Å². The molecule has 0 bridgehead atoms. The highest BCUT2D eigenvalue weighted by atomic mass is 32.2. The van der Waals surface area contributed by atoms with Gasteiger partial charge >= 0.3 is 6.18 Å². The molecule has 1 amide bonds. The third-order valence-corrected chi connectivity index (χ3v) is 5.86. The van der Waals surface area contributed by atoms with E-state index < -0.39 is 12.7 Å². The number of imidazole rings is 1. The highest BCUT2D eigenvalue weighted by molar-refractivity contribution is 7.99. The molecule has 0 saturated heterocycles. The molecule has 0 atom stereocenters. The van der Waals surface area contributed by atoms with Crippen molar-refractivity contribution in [1.29, 1.82) is 0 Å². The average molecular weight is 411 g/mol. The summed E-state index contributed by atoms with van der Waals surface area (Å²) in [6, 6.07) is 8.84. The third kappa shape index (κ3) is 6.02. The first-order valence-corrected chi connectivity index (χ1v) is 10.5. The van der Waals surface area contributed by atoms with Gasteiger partial charge in [-0.3, -0.25) is 4.79 Å². The normalized spacial score (nSPS) is 15.5. The van der Waals surface area contributed by atoms with Gasteiger partial charge in [-0.2, -0.15) is 13.2 Å². The summed E-state index contributed by atoms with van der Waals surface area (Å²) in [4.78, 5) is 16.3. The second-order valence-corrected chi connectivity index (χ2v) is 8.03. The van der Waals surface area contributed by atoms with Crippen molar-refractivity contribution in [2.24, 2.45) is 5.92 Å². The molecule has 1 saturated carbocycles. The van der Waals surface area contributed by atoms with Crippen LogP contribution < -0.4 is 5.32 Å². The molecule has 152 valence electrons. The Morgan fingerprint density at radius 1 is 1.18 bits per heavy atom. The van der Waals surface area contributed by atoms with Gasteiger partial charge in [0.1, 0.15) is 6.54 Å². The summed E-state index contributed by atoms with van der Waals surface area (Å²) in [5, 5.41) is 3.11. The lowest BCUT2D eigenvalue weighted by Crippen LogP contribution is -2.31. The molecule has 8 heteroatoms. The summed E-state index contributed by atoms with van der Waals surface area (Å²) in [5.74, 6) is 0.397. The number of aromatic nitrogens is 2. The maximum absolute atomic E-state index is 13.1. The van der Waals surface area contributed by atoms with E-state index in [0.29, 0.717) is 23.7 Å². The second-order valence-electron chi connectivity index (χ2n) is 7.09. The van der Waals surface area contributed by atoms with Gasteiger partial charge in [0.05, 0.1) is 17.6 Å². The van der Waals surface area contributed by atoms with E-state index >= 15 is 0 Å². The average Bonchev–Trinajstić information content (AvgIpc) is 3.07. The van der Waals surface area contributed by atoms with Gasteiger partial charge in [-0.15, -0.1) is 0 Å². The van der Waals surface area contributed by atoms with E-state index in [9.17, 15) is 18.0 Å². The minimum Gasteiger partial charge on any atom is -0.355 e. The van der Waals surface area contributed by atoms with Crippen LogP contribution in [0.4, 0.5) is 13.2 Å². The lowest BCUT2D eigenvalue weighted by Gasteiger charge is -2.21. The van der Waals surface area contributed by atoms with E-state index in [1.54, 1.807) is 30.3 Å². The minimum absolute atomic E-state index is 0.0514. The maximum Gasteiger partial charge on any atom is 0.406 e. The number of hydrogen-bond donors (Lipinski definition) is 1. The highest BCUT2D eigenvalue weighted by Gasteiger charge is 2.31. The van der Waals surface area contributed by atoms with Gasteiger partial charge < -0.3 is 9.88 Å². The van der Waals surface area contributed by atoms with Gasteiger partial charge in [-0.25, -0.2) is 4.98 Å². The zero-order chi connectivity index (χ0) is 20.0. The van der Waals surface area contributed by atoms with E-state index in [0.717, 1.165) is 29.2 Å². The van der Waals surface area contributed by atoms with Crippen molar-refractivity contribution in [2.75, 3.05) is 12.3 Å². The minimum atomic E-state index is -4.37. The van der Waals surface area contributed by atoms with Crippen molar-refractivity contribution in [3.05, 3.63) is 36.5 Å². The molecule has 0 radical (unpaired) electrons. The molecule has 0 spiro atoms. The van der Waals surface area contributed by atoms with Gasteiger partial charge in [-0.05, 0) is 24.3 Å². The van der Waals surface area contributed by atoms with Gasteiger partial charge in [0.25, 0.3) is 0 Å². The molecule has 1 aromatic carbocycles. The first-order chi connectivity index (χ1) is 13.4. The molecule has 4 nitrogen and oxygen atoms in total. The number of hydrogen-bond acceptors (Lipinski definition) is 3. The Labute approximate surface area is 166 Å². The predicted octanol–water partition coefficient (Wildman–Crippen LogP) is 4.90. The van der Waals surface area contributed by atoms with Crippen LogP contribution in [0.15, 0.2) is 41.7 Å². The number of alkyl halides is 3. The summed E-state index contributed by atoms with van der Waals surface area (Å²) in [6.45, 7) is -0.491. The lowest BCUT2D eigenvalue weighted by molar-refractivity contribution is -0.141. The zero-order valence-corrected chi connectivity index (χ0v) is 16.4. The molecular formula is C20H24F3N3OS. The van der Waals surface area contributed by atoms with E-state index in [1.165, 1.54) is 25.5 Å². The van der Waals surface area contributed by atoms with Gasteiger partial charge in [-0.1, -0.05) is 61.4 Å². The molecule has 1 N–H and O–H groups in total. The second kappa shape index (κ2) is 9.49. The number of carbonyl (C=O) groups excluding carboxylic acids is 1. The van der Waals surface area contributed by atoms with E-state index in [2.05, 4.69) is 10.3 Å². The molecule has 0 aliphatic heterocycles. The Balaban J connectivity index is 1.64. The Kier molecular flexibility index (Phi) is 7.04. The summed E-state index contributed by atoms with van der Waals surface area (Å²) in [6.07, 6.45) is 2.98. The summed E-state index contributed by atoms with van der Waals surface area (Å²) < 4.78 is 40.4. The summed E-state index contributed by atoms with van der Waals surface area (Å²) in [7, 11) is 0. The lowest BCUT2D eigenvalue weighted by atomic mass is 9.89. The van der Waals surface area contributed by atoms with Crippen LogP contribution in [0.3, 0.4) is 0 Å². The smallest absolute Gasteiger partial charge is 0.355 e. The molecular weight excluding hydrogens is 387 g/mol. The van der Waals surface area contributed by atoms with E-state index in [4.69, 9.17) is 0 Å². The van der Waals surface area contributed by atoms with Gasteiger partial charge in [0.15, 0.2) is 5.16 Å². The van der Waals surface area contributed by atoms with Crippen LogP contribution in [0.25, 0.3) is 11.3 Å². The fraction of sp³-hybridized carbons (Fsp3) is 0.500. The molecule has 28 heavy (non-hydrogen) atoms. The first-order valence-electron chi connectivity index (χ1n) is 9.49. The van der Waals surface area contributed by atoms with Crippen molar-refractivity contribution in [2.45, 2.75) is 50.0 Å². The Bertz CT molecular complexity index is 771. The van der Waals surface area contributed by atoms with Crippen molar-refractivity contribution < 1.29 is 18.0 Å². The Hall–Kier alpha value is -1.96. The number of nitrogens with zero attached hydrogens (tertiary/aromatic N) is 2. The molecule has 1 aliphatic rings. The number of carbonyl (C=O) groups is 1. The van der Waals surface area contributed by atoms with E-state index in [1.807, 2.05) is 0 Å². The molecule has 1 heterocycles. The number of rotatable bonds is 7. The van der Waals surface area contributed by atoms with Gasteiger partial charge in [0.2, 0.25) is 5.91 Å². The van der Waals surface area contributed by atoms with Crippen molar-refractivity contribution in [3.8, 4) is 11.3 Å². The van der Waals surface area contributed by atoms with Crippen LogP contribution in [0.2, 0.25) is 0 Å². The van der Waals surface area contributed by atoms with Crippen molar-refractivity contribution in [3.63, 3.8) is 0 Å². The largest absolute Gasteiger partial charge is 0.406 e. The monoisotopic (exact) mass is 411 g/mol. The van der Waals surface area contributed by atoms with Crippen LogP contribution >= 0.6 is 11.8 Å². The SMILES string of the molecule is O=C(CSc1ncc(-c2ccccc2)n1CC(F)(F)F)NCC1CCCCC1. The highest BCUT2D eigenvalue weighted by Crippen LogP contribution is 2.30. The summed E-state index contributed by atoms with van der Waals surface area (Å²) >= 11 is 1.04. The number of amides is 1. The van der Waals surface area contributed by atoms with Crippen molar-refractivity contribution in [1.82, 2.24) is 14.9 Å². The number of halogens is 3.